The van der Waals surface area contributed by atoms with Gasteiger partial charge >= 0.3 is 12.1 Å². The summed E-state index contributed by atoms with van der Waals surface area (Å²) in [7, 11) is 0. The molecule has 0 spiro atoms. The first-order chi connectivity index (χ1) is 8.64. The molecule has 0 bridgehead atoms. The average molecular weight is 291 g/mol. The Bertz CT molecular complexity index is 315. The molecule has 0 aliphatic carbocycles. The van der Waals surface area contributed by atoms with Crippen molar-refractivity contribution in [3.63, 3.8) is 0 Å². The number of hydrogen-bond acceptors (Lipinski definition) is 3. The summed E-state index contributed by atoms with van der Waals surface area (Å²) in [6.07, 6.45) is -4.24. The van der Waals surface area contributed by atoms with Crippen molar-refractivity contribution < 1.29 is 36.6 Å². The minimum atomic E-state index is -5.08. The minimum Gasteiger partial charge on any atom is -0.475 e. The summed E-state index contributed by atoms with van der Waals surface area (Å²) >= 11 is 0. The van der Waals surface area contributed by atoms with E-state index in [2.05, 4.69) is 5.32 Å². The first-order valence-electron chi connectivity index (χ1n) is 5.65. The molecule has 1 atom stereocenters. The number of hydrogen-bond donors (Lipinski definition) is 2. The third kappa shape index (κ3) is 4.57. The molecule has 2 rings (SSSR count). The Balaban J connectivity index is 0.000000224. The highest BCUT2D eigenvalue weighted by molar-refractivity contribution is 5.73. The van der Waals surface area contributed by atoms with Gasteiger partial charge in [-0.3, -0.25) is 0 Å². The van der Waals surface area contributed by atoms with Gasteiger partial charge in [0.25, 0.3) is 5.92 Å². The van der Waals surface area contributed by atoms with Gasteiger partial charge in [0.05, 0.1) is 0 Å². The number of carboxylic acid groups (broad SMARTS) is 1. The van der Waals surface area contributed by atoms with E-state index in [4.69, 9.17) is 14.6 Å². The molecular weight excluding hydrogens is 277 g/mol. The highest BCUT2D eigenvalue weighted by atomic mass is 19.4. The monoisotopic (exact) mass is 291 g/mol. The first-order valence-corrected chi connectivity index (χ1v) is 5.65. The molecule has 2 saturated heterocycles. The molecule has 0 saturated carbocycles. The van der Waals surface area contributed by atoms with Gasteiger partial charge < -0.3 is 15.2 Å². The van der Waals surface area contributed by atoms with Crippen molar-refractivity contribution in [3.05, 3.63) is 0 Å². The predicted octanol–water partition coefficient (Wildman–Crippen LogP) is 1.65. The van der Waals surface area contributed by atoms with Crippen molar-refractivity contribution in [2.24, 2.45) is 5.92 Å². The fourth-order valence-electron chi connectivity index (χ4n) is 1.93. The molecule has 1 unspecified atom stereocenters. The van der Waals surface area contributed by atoms with E-state index in [1.54, 1.807) is 0 Å². The van der Waals surface area contributed by atoms with Gasteiger partial charge in [0.15, 0.2) is 0 Å². The van der Waals surface area contributed by atoms with E-state index in [1.165, 1.54) is 0 Å². The van der Waals surface area contributed by atoms with E-state index in [-0.39, 0.29) is 12.5 Å². The molecule has 112 valence electrons. The molecular formula is C10H14F5NO3. The third-order valence-electron chi connectivity index (χ3n) is 2.93. The Morgan fingerprint density at radius 3 is 2.00 bits per heavy atom. The third-order valence-corrected chi connectivity index (χ3v) is 2.93. The molecule has 9 heteroatoms. The van der Waals surface area contributed by atoms with Crippen LogP contribution in [0.15, 0.2) is 0 Å². The fourth-order valence-corrected chi connectivity index (χ4v) is 1.93. The quantitative estimate of drug-likeness (QED) is 0.721. The standard InChI is InChI=1S/C8H13F2NO.C2HF3O2/c9-8(10)5-12-7(8)6-1-3-11-4-2-6;3-2(4,5)1(6)7/h6-7,11H,1-5H2;(H,6,7). The highest BCUT2D eigenvalue weighted by Crippen LogP contribution is 2.39. The van der Waals surface area contributed by atoms with Crippen molar-refractivity contribution in [1.29, 1.82) is 0 Å². The van der Waals surface area contributed by atoms with E-state index in [0.717, 1.165) is 25.9 Å². The second-order valence-corrected chi connectivity index (χ2v) is 4.38. The van der Waals surface area contributed by atoms with Crippen LogP contribution in [0.3, 0.4) is 0 Å². The molecule has 4 nitrogen and oxygen atoms in total. The van der Waals surface area contributed by atoms with Gasteiger partial charge in [-0.05, 0) is 31.8 Å². The number of halogens is 5. The van der Waals surface area contributed by atoms with Crippen LogP contribution in [0.1, 0.15) is 12.8 Å². The summed E-state index contributed by atoms with van der Waals surface area (Å²) < 4.78 is 62.3. The molecule has 0 radical (unpaired) electrons. The van der Waals surface area contributed by atoms with Gasteiger partial charge in [0, 0.05) is 0 Å². The van der Waals surface area contributed by atoms with Crippen LogP contribution in [0.2, 0.25) is 0 Å². The highest BCUT2D eigenvalue weighted by Gasteiger charge is 2.53. The Labute approximate surface area is 105 Å². The average Bonchev–Trinajstić information content (AvgIpc) is 2.28. The van der Waals surface area contributed by atoms with Crippen molar-refractivity contribution in [1.82, 2.24) is 5.32 Å². The molecule has 2 heterocycles. The number of ether oxygens (including phenoxy) is 1. The number of rotatable bonds is 1. The molecule has 0 amide bonds. The summed E-state index contributed by atoms with van der Waals surface area (Å²) in [5, 5.41) is 10.3. The van der Waals surface area contributed by atoms with Gasteiger partial charge in [-0.1, -0.05) is 0 Å². The summed E-state index contributed by atoms with van der Waals surface area (Å²) in [5.41, 5.74) is 0. The lowest BCUT2D eigenvalue weighted by molar-refractivity contribution is -0.282. The SMILES string of the molecule is FC1(F)COC1C1CCNCC1.O=C(O)C(F)(F)F. The maximum Gasteiger partial charge on any atom is 0.490 e. The van der Waals surface area contributed by atoms with Crippen LogP contribution in [-0.4, -0.2) is 49.0 Å². The molecule has 0 aromatic carbocycles. The second kappa shape index (κ2) is 6.00. The van der Waals surface area contributed by atoms with Crippen LogP contribution in [0.4, 0.5) is 22.0 Å². The summed E-state index contributed by atoms with van der Waals surface area (Å²) in [5.74, 6) is -5.25. The van der Waals surface area contributed by atoms with Crippen LogP contribution in [0.25, 0.3) is 0 Å². The van der Waals surface area contributed by atoms with Gasteiger partial charge in [-0.25, -0.2) is 13.6 Å². The molecule has 2 aliphatic rings. The lowest BCUT2D eigenvalue weighted by atomic mass is 9.86. The largest absolute Gasteiger partial charge is 0.490 e. The number of alkyl halides is 5. The van der Waals surface area contributed by atoms with E-state index < -0.39 is 24.2 Å². The lowest BCUT2D eigenvalue weighted by Crippen LogP contribution is -2.56. The zero-order valence-electron chi connectivity index (χ0n) is 9.84. The number of carboxylic acids is 1. The Kier molecular flexibility index (Phi) is 5.08. The Hall–Kier alpha value is -0.960. The molecule has 0 aromatic rings. The van der Waals surface area contributed by atoms with E-state index >= 15 is 0 Å². The van der Waals surface area contributed by atoms with Gasteiger partial charge in [0.1, 0.15) is 12.7 Å². The second-order valence-electron chi connectivity index (χ2n) is 4.38. The van der Waals surface area contributed by atoms with Crippen LogP contribution in [0, 0.1) is 5.92 Å². The zero-order valence-corrected chi connectivity index (χ0v) is 9.84. The van der Waals surface area contributed by atoms with Crippen LogP contribution in [0.5, 0.6) is 0 Å². The van der Waals surface area contributed by atoms with Gasteiger partial charge in [0.2, 0.25) is 0 Å². The Morgan fingerprint density at radius 1 is 1.26 bits per heavy atom. The fraction of sp³-hybridized carbons (Fsp3) is 0.900. The molecule has 0 aromatic heterocycles. The van der Waals surface area contributed by atoms with E-state index in [1.807, 2.05) is 0 Å². The maximum absolute atomic E-state index is 12.8. The normalized spacial score (nSPS) is 26.9. The molecule has 2 N–H and O–H groups in total. The minimum absolute atomic E-state index is 0.0648. The van der Waals surface area contributed by atoms with Crippen molar-refractivity contribution in [2.75, 3.05) is 19.7 Å². The zero-order chi connectivity index (χ0) is 14.7. The summed E-state index contributed by atoms with van der Waals surface area (Å²) in [4.78, 5) is 8.90. The van der Waals surface area contributed by atoms with Crippen LogP contribution in [-0.2, 0) is 9.53 Å². The van der Waals surface area contributed by atoms with Crippen LogP contribution >= 0.6 is 0 Å². The maximum atomic E-state index is 12.8. The summed E-state index contributed by atoms with van der Waals surface area (Å²) in [6, 6.07) is 0. The molecule has 2 fully saturated rings. The summed E-state index contributed by atoms with van der Waals surface area (Å²) in [6.45, 7) is 1.32. The number of piperidine rings is 1. The van der Waals surface area contributed by atoms with E-state index in [0.29, 0.717) is 0 Å². The number of carbonyl (C=O) groups is 1. The predicted molar refractivity (Wildman–Crippen MR) is 54.0 cm³/mol. The number of aliphatic carboxylic acids is 1. The van der Waals surface area contributed by atoms with E-state index in [9.17, 15) is 22.0 Å². The Morgan fingerprint density at radius 2 is 1.74 bits per heavy atom. The molecule has 2 aliphatic heterocycles. The lowest BCUT2D eigenvalue weighted by Gasteiger charge is -2.42. The topological polar surface area (TPSA) is 58.6 Å². The van der Waals surface area contributed by atoms with Gasteiger partial charge in [-0.2, -0.15) is 13.2 Å². The van der Waals surface area contributed by atoms with Crippen molar-refractivity contribution in [3.8, 4) is 0 Å². The number of nitrogens with one attached hydrogen (secondary N) is 1. The van der Waals surface area contributed by atoms with Crippen LogP contribution < -0.4 is 5.32 Å². The van der Waals surface area contributed by atoms with Crippen molar-refractivity contribution in [2.45, 2.75) is 31.0 Å². The molecule has 19 heavy (non-hydrogen) atoms. The smallest absolute Gasteiger partial charge is 0.475 e. The van der Waals surface area contributed by atoms with Crippen molar-refractivity contribution >= 4 is 5.97 Å². The van der Waals surface area contributed by atoms with Gasteiger partial charge in [-0.15, -0.1) is 0 Å². The first kappa shape index (κ1) is 16.1.